The van der Waals surface area contributed by atoms with Crippen molar-refractivity contribution in [1.82, 2.24) is 5.32 Å². The Morgan fingerprint density at radius 1 is 0.968 bits per heavy atom. The smallest absolute Gasteiger partial charge is 0.261 e. The number of nitrogens with zero attached hydrogens (tertiary/aromatic N) is 1. The molecule has 31 heavy (non-hydrogen) atoms. The number of thiocarbonyl (C=S) groups is 1. The van der Waals surface area contributed by atoms with Crippen LogP contribution in [0.2, 0.25) is 0 Å². The van der Waals surface area contributed by atoms with Crippen LogP contribution in [0.15, 0.2) is 78.9 Å². The number of carbonyl (C=O) groups is 2. The maximum atomic E-state index is 12.8. The van der Waals surface area contributed by atoms with Gasteiger partial charge < -0.3 is 15.0 Å². The molecule has 7 heteroatoms. The monoisotopic (exact) mass is 433 g/mol. The Kier molecular flexibility index (Phi) is 7.35. The molecule has 0 spiro atoms. The van der Waals surface area contributed by atoms with Crippen LogP contribution in [-0.4, -0.2) is 30.6 Å². The molecule has 0 aliphatic rings. The number of nitrogens with one attached hydrogen (secondary N) is 2. The fraction of sp³-hybridized carbons (Fsp3) is 0.125. The Hall–Kier alpha value is -3.71. The highest BCUT2D eigenvalue weighted by Gasteiger charge is 2.15. The van der Waals surface area contributed by atoms with E-state index in [1.165, 1.54) is 0 Å². The van der Waals surface area contributed by atoms with Crippen molar-refractivity contribution in [3.05, 3.63) is 90.0 Å². The third-order valence-corrected chi connectivity index (χ3v) is 4.68. The van der Waals surface area contributed by atoms with Crippen LogP contribution in [0.1, 0.15) is 27.6 Å². The van der Waals surface area contributed by atoms with Crippen molar-refractivity contribution >= 4 is 40.5 Å². The fourth-order valence-electron chi connectivity index (χ4n) is 2.96. The molecule has 0 heterocycles. The van der Waals surface area contributed by atoms with Crippen LogP contribution in [0.25, 0.3) is 0 Å². The maximum absolute atomic E-state index is 12.8. The van der Waals surface area contributed by atoms with Crippen molar-refractivity contribution in [2.75, 3.05) is 23.9 Å². The van der Waals surface area contributed by atoms with E-state index < -0.39 is 0 Å². The van der Waals surface area contributed by atoms with E-state index in [1.54, 1.807) is 60.5 Å². The Balaban J connectivity index is 1.67. The Bertz CT molecular complexity index is 1090. The summed E-state index contributed by atoms with van der Waals surface area (Å²) in [5, 5.41) is 5.73. The number of carbonyl (C=O) groups excluding carboxylic acids is 2. The first-order valence-corrected chi connectivity index (χ1v) is 10.2. The number of rotatable bonds is 6. The van der Waals surface area contributed by atoms with Crippen molar-refractivity contribution < 1.29 is 14.3 Å². The molecule has 3 rings (SSSR count). The van der Waals surface area contributed by atoms with Crippen molar-refractivity contribution in [2.24, 2.45) is 0 Å². The predicted molar refractivity (Wildman–Crippen MR) is 127 cm³/mol. The third-order valence-electron chi connectivity index (χ3n) is 4.47. The van der Waals surface area contributed by atoms with Gasteiger partial charge in [0.2, 0.25) is 0 Å². The summed E-state index contributed by atoms with van der Waals surface area (Å²) >= 11 is 5.28. The van der Waals surface area contributed by atoms with Crippen molar-refractivity contribution in [2.45, 2.75) is 6.92 Å². The van der Waals surface area contributed by atoms with Crippen LogP contribution < -0.4 is 20.3 Å². The lowest BCUT2D eigenvalue weighted by Crippen LogP contribution is -2.34. The first-order chi connectivity index (χ1) is 15.0. The summed E-state index contributed by atoms with van der Waals surface area (Å²) in [6, 6.07) is 23.3. The molecule has 2 N–H and O–H groups in total. The molecular weight excluding hydrogens is 410 g/mol. The van der Waals surface area contributed by atoms with E-state index in [-0.39, 0.29) is 16.9 Å². The van der Waals surface area contributed by atoms with Gasteiger partial charge in [0, 0.05) is 24.0 Å². The van der Waals surface area contributed by atoms with Gasteiger partial charge in [-0.1, -0.05) is 36.4 Å². The van der Waals surface area contributed by atoms with Gasteiger partial charge in [0.15, 0.2) is 5.11 Å². The highest BCUT2D eigenvalue weighted by Crippen LogP contribution is 2.19. The zero-order chi connectivity index (χ0) is 22.2. The molecule has 0 atom stereocenters. The number of para-hydroxylation sites is 2. The average Bonchev–Trinajstić information content (AvgIpc) is 2.79. The Morgan fingerprint density at radius 3 is 2.42 bits per heavy atom. The molecule has 0 radical (unpaired) electrons. The normalized spacial score (nSPS) is 10.1. The average molecular weight is 434 g/mol. The summed E-state index contributed by atoms with van der Waals surface area (Å²) < 4.78 is 5.49. The van der Waals surface area contributed by atoms with Crippen molar-refractivity contribution in [3.8, 4) is 5.75 Å². The van der Waals surface area contributed by atoms with Gasteiger partial charge in [-0.15, -0.1) is 0 Å². The summed E-state index contributed by atoms with van der Waals surface area (Å²) in [6.07, 6.45) is 0. The minimum atomic E-state index is -0.377. The Labute approximate surface area is 186 Å². The largest absolute Gasteiger partial charge is 0.493 e. The van der Waals surface area contributed by atoms with Gasteiger partial charge in [0.1, 0.15) is 5.75 Å². The lowest BCUT2D eigenvalue weighted by Gasteiger charge is -2.18. The lowest BCUT2D eigenvalue weighted by molar-refractivity contribution is 0.0971. The molecule has 0 saturated carbocycles. The molecule has 6 nitrogen and oxygen atoms in total. The van der Waals surface area contributed by atoms with Crippen LogP contribution in [0.3, 0.4) is 0 Å². The number of amides is 2. The molecule has 3 aromatic rings. The van der Waals surface area contributed by atoms with E-state index in [1.807, 2.05) is 37.3 Å². The highest BCUT2D eigenvalue weighted by molar-refractivity contribution is 7.80. The minimum Gasteiger partial charge on any atom is -0.493 e. The summed E-state index contributed by atoms with van der Waals surface area (Å²) in [6.45, 7) is 2.30. The number of hydrogen-bond donors (Lipinski definition) is 2. The summed E-state index contributed by atoms with van der Waals surface area (Å²) in [4.78, 5) is 27.0. The number of hydrogen-bond acceptors (Lipinski definition) is 4. The summed E-state index contributed by atoms with van der Waals surface area (Å²) in [5.74, 6) is -0.0464. The third kappa shape index (κ3) is 5.67. The molecule has 2 amide bonds. The topological polar surface area (TPSA) is 70.7 Å². The van der Waals surface area contributed by atoms with Gasteiger partial charge >= 0.3 is 0 Å². The maximum Gasteiger partial charge on any atom is 0.261 e. The zero-order valence-electron chi connectivity index (χ0n) is 17.3. The van der Waals surface area contributed by atoms with Gasteiger partial charge in [-0.05, 0) is 61.6 Å². The second-order valence-electron chi connectivity index (χ2n) is 6.62. The van der Waals surface area contributed by atoms with E-state index in [0.29, 0.717) is 29.2 Å². The van der Waals surface area contributed by atoms with Crippen LogP contribution in [0.5, 0.6) is 5.75 Å². The number of benzene rings is 3. The Morgan fingerprint density at radius 2 is 1.68 bits per heavy atom. The molecule has 0 aliphatic heterocycles. The van der Waals surface area contributed by atoms with E-state index in [4.69, 9.17) is 17.0 Å². The number of anilines is 2. The van der Waals surface area contributed by atoms with Crippen LogP contribution in [0, 0.1) is 0 Å². The van der Waals surface area contributed by atoms with Crippen molar-refractivity contribution in [3.63, 3.8) is 0 Å². The summed E-state index contributed by atoms with van der Waals surface area (Å²) in [7, 11) is 1.72. The molecule has 0 bridgehead atoms. The van der Waals surface area contributed by atoms with Crippen LogP contribution >= 0.6 is 12.2 Å². The van der Waals surface area contributed by atoms with E-state index in [0.717, 1.165) is 5.69 Å². The van der Waals surface area contributed by atoms with Crippen molar-refractivity contribution in [1.29, 1.82) is 0 Å². The molecule has 158 valence electrons. The second kappa shape index (κ2) is 10.4. The molecule has 0 unspecified atom stereocenters. The van der Waals surface area contributed by atoms with E-state index in [9.17, 15) is 9.59 Å². The van der Waals surface area contributed by atoms with E-state index >= 15 is 0 Å². The summed E-state index contributed by atoms with van der Waals surface area (Å²) in [5.41, 5.74) is 2.27. The quantitative estimate of drug-likeness (QED) is 0.561. The molecule has 0 fully saturated rings. The SMILES string of the molecule is CCOc1ccccc1C(=O)NC(=S)Nc1cccc(C(=O)N(C)c2ccccc2)c1. The first-order valence-electron chi connectivity index (χ1n) is 9.77. The minimum absolute atomic E-state index is 0.123. The molecular formula is C24H23N3O3S. The van der Waals surface area contributed by atoms with Gasteiger partial charge in [-0.25, -0.2) is 0 Å². The second-order valence-corrected chi connectivity index (χ2v) is 7.03. The fourth-order valence-corrected chi connectivity index (χ4v) is 3.17. The number of ether oxygens (including phenoxy) is 1. The predicted octanol–water partition coefficient (Wildman–Crippen LogP) is 4.49. The standard InChI is InChI=1S/C24H23N3O3S/c1-3-30-21-15-8-7-14-20(21)22(28)26-24(31)25-18-11-9-10-17(16-18)23(29)27(2)19-12-5-4-6-13-19/h4-16H,3H2,1-2H3,(H2,25,26,28,31). The zero-order valence-corrected chi connectivity index (χ0v) is 18.1. The molecule has 0 aliphatic carbocycles. The van der Waals surface area contributed by atoms with Crippen LogP contribution in [0.4, 0.5) is 11.4 Å². The van der Waals surface area contributed by atoms with Gasteiger partial charge in [-0.3, -0.25) is 14.9 Å². The van der Waals surface area contributed by atoms with Gasteiger partial charge in [0.25, 0.3) is 11.8 Å². The van der Waals surface area contributed by atoms with Gasteiger partial charge in [0.05, 0.1) is 12.2 Å². The molecule has 0 aromatic heterocycles. The lowest BCUT2D eigenvalue weighted by atomic mass is 10.1. The first kappa shape index (κ1) is 22.0. The molecule has 0 saturated heterocycles. The molecule has 3 aromatic carbocycles. The van der Waals surface area contributed by atoms with E-state index in [2.05, 4.69) is 10.6 Å². The highest BCUT2D eigenvalue weighted by atomic mass is 32.1. The van der Waals surface area contributed by atoms with Gasteiger partial charge in [-0.2, -0.15) is 0 Å². The van der Waals surface area contributed by atoms with Crippen LogP contribution in [-0.2, 0) is 0 Å².